The van der Waals surface area contributed by atoms with E-state index in [1.54, 1.807) is 13.0 Å². The summed E-state index contributed by atoms with van der Waals surface area (Å²) in [5.74, 6) is 0.347. The molecule has 2 unspecified atom stereocenters. The van der Waals surface area contributed by atoms with Crippen molar-refractivity contribution in [3.05, 3.63) is 27.7 Å². The zero-order valence-corrected chi connectivity index (χ0v) is 14.4. The van der Waals surface area contributed by atoms with E-state index in [0.29, 0.717) is 21.5 Å². The average Bonchev–Trinajstić information content (AvgIpc) is 2.76. The van der Waals surface area contributed by atoms with Crippen LogP contribution in [-0.4, -0.2) is 20.4 Å². The fourth-order valence-electron chi connectivity index (χ4n) is 2.69. The number of sulfonamides is 1. The molecule has 7 heteroatoms. The van der Waals surface area contributed by atoms with E-state index in [2.05, 4.69) is 28.2 Å². The first-order valence-electron chi connectivity index (χ1n) is 6.82. The van der Waals surface area contributed by atoms with Crippen molar-refractivity contribution in [2.45, 2.75) is 44.0 Å². The first-order valence-corrected chi connectivity index (χ1v) is 9.16. The van der Waals surface area contributed by atoms with Crippen molar-refractivity contribution in [2.75, 3.05) is 0 Å². The van der Waals surface area contributed by atoms with Crippen LogP contribution in [0.3, 0.4) is 0 Å². The van der Waals surface area contributed by atoms with E-state index in [1.807, 2.05) is 0 Å². The van der Waals surface area contributed by atoms with Gasteiger partial charge in [0.15, 0.2) is 0 Å². The van der Waals surface area contributed by atoms with Crippen LogP contribution >= 0.6 is 15.9 Å². The summed E-state index contributed by atoms with van der Waals surface area (Å²) in [6.07, 6.45) is 3.02. The van der Waals surface area contributed by atoms with E-state index >= 15 is 0 Å². The van der Waals surface area contributed by atoms with Crippen molar-refractivity contribution < 1.29 is 13.2 Å². The van der Waals surface area contributed by atoms with Gasteiger partial charge in [0.05, 0.1) is 4.90 Å². The number of hydrogen-bond donors (Lipinski definition) is 2. The Morgan fingerprint density at radius 2 is 2.05 bits per heavy atom. The van der Waals surface area contributed by atoms with Gasteiger partial charge in [-0.05, 0) is 49.8 Å². The third-order valence-electron chi connectivity index (χ3n) is 3.90. The third-order valence-corrected chi connectivity index (χ3v) is 5.76. The van der Waals surface area contributed by atoms with Crippen LogP contribution in [-0.2, 0) is 10.0 Å². The molecule has 1 aromatic rings. The first-order chi connectivity index (χ1) is 9.68. The van der Waals surface area contributed by atoms with Crippen LogP contribution in [0.15, 0.2) is 21.5 Å². The van der Waals surface area contributed by atoms with Gasteiger partial charge in [-0.25, -0.2) is 13.6 Å². The minimum atomic E-state index is -3.86. The lowest BCUT2D eigenvalue weighted by molar-refractivity contribution is 0.0937. The molecule has 0 radical (unpaired) electrons. The van der Waals surface area contributed by atoms with Crippen molar-refractivity contribution >= 4 is 31.9 Å². The van der Waals surface area contributed by atoms with Crippen molar-refractivity contribution in [1.82, 2.24) is 5.32 Å². The largest absolute Gasteiger partial charge is 0.349 e. The van der Waals surface area contributed by atoms with Crippen LogP contribution in [0.1, 0.15) is 42.1 Å². The summed E-state index contributed by atoms with van der Waals surface area (Å²) in [7, 11) is -3.86. The van der Waals surface area contributed by atoms with Crippen LogP contribution in [0.2, 0.25) is 0 Å². The summed E-state index contributed by atoms with van der Waals surface area (Å²) < 4.78 is 23.7. The molecular weight excluding hydrogens is 356 g/mol. The van der Waals surface area contributed by atoms with Gasteiger partial charge in [0.2, 0.25) is 10.0 Å². The monoisotopic (exact) mass is 374 g/mol. The summed E-state index contributed by atoms with van der Waals surface area (Å²) >= 11 is 3.28. The van der Waals surface area contributed by atoms with Crippen LogP contribution in [0.4, 0.5) is 0 Å². The van der Waals surface area contributed by atoms with E-state index in [9.17, 15) is 13.2 Å². The Balaban J connectivity index is 2.28. The minimum Gasteiger partial charge on any atom is -0.349 e. The van der Waals surface area contributed by atoms with Crippen LogP contribution in [0.5, 0.6) is 0 Å². The molecule has 1 aliphatic rings. The van der Waals surface area contributed by atoms with Crippen LogP contribution < -0.4 is 10.5 Å². The predicted molar refractivity (Wildman–Crippen MR) is 84.5 cm³/mol. The topological polar surface area (TPSA) is 89.3 Å². The number of amides is 1. The Morgan fingerprint density at radius 3 is 2.57 bits per heavy atom. The molecule has 0 heterocycles. The molecule has 0 aromatic heterocycles. The summed E-state index contributed by atoms with van der Waals surface area (Å²) in [5, 5.41) is 8.15. The molecule has 1 aromatic carbocycles. The molecule has 0 saturated heterocycles. The van der Waals surface area contributed by atoms with E-state index < -0.39 is 10.0 Å². The Morgan fingerprint density at radius 1 is 1.38 bits per heavy atom. The lowest BCUT2D eigenvalue weighted by atomic mass is 10.1. The number of carbonyl (C=O) groups is 1. The standard InChI is InChI=1S/C14H19BrN2O3S/c1-8-3-4-11(5-8)17-14(18)10-6-12(15)9(2)13(7-10)21(16,19)20/h6-8,11H,3-5H2,1-2H3,(H,17,18)(H2,16,19,20). The highest BCUT2D eigenvalue weighted by molar-refractivity contribution is 9.10. The zero-order chi connectivity index (χ0) is 15.8. The summed E-state index contributed by atoms with van der Waals surface area (Å²) in [4.78, 5) is 12.3. The fourth-order valence-corrected chi connectivity index (χ4v) is 4.11. The van der Waals surface area contributed by atoms with Gasteiger partial charge in [0.1, 0.15) is 0 Å². The summed E-state index contributed by atoms with van der Waals surface area (Å²) in [5.41, 5.74) is 0.805. The zero-order valence-electron chi connectivity index (χ0n) is 12.0. The van der Waals surface area contributed by atoms with Crippen LogP contribution in [0, 0.1) is 12.8 Å². The predicted octanol–water partition coefficient (Wildman–Crippen LogP) is 2.32. The van der Waals surface area contributed by atoms with E-state index in [1.165, 1.54) is 6.07 Å². The van der Waals surface area contributed by atoms with Gasteiger partial charge in [-0.3, -0.25) is 4.79 Å². The summed E-state index contributed by atoms with van der Waals surface area (Å²) in [6, 6.07) is 3.12. The Bertz CT molecular complexity index is 673. The van der Waals surface area contributed by atoms with Gasteiger partial charge in [0.25, 0.3) is 5.91 Å². The number of halogens is 1. The smallest absolute Gasteiger partial charge is 0.251 e. The first kappa shape index (κ1) is 16.5. The van der Waals surface area contributed by atoms with Crippen molar-refractivity contribution in [2.24, 2.45) is 11.1 Å². The molecule has 1 saturated carbocycles. The van der Waals surface area contributed by atoms with Crippen molar-refractivity contribution in [3.63, 3.8) is 0 Å². The highest BCUT2D eigenvalue weighted by Gasteiger charge is 2.24. The van der Waals surface area contributed by atoms with E-state index in [0.717, 1.165) is 19.3 Å². The van der Waals surface area contributed by atoms with Gasteiger partial charge < -0.3 is 5.32 Å². The SMILES string of the molecule is Cc1c(Br)cc(C(=O)NC2CCC(C)C2)cc1S(N)(=O)=O. The van der Waals surface area contributed by atoms with Gasteiger partial charge >= 0.3 is 0 Å². The lowest BCUT2D eigenvalue weighted by Crippen LogP contribution is -2.33. The van der Waals surface area contributed by atoms with Crippen LogP contribution in [0.25, 0.3) is 0 Å². The molecule has 3 N–H and O–H groups in total. The Labute approximate surface area is 133 Å². The molecule has 1 fully saturated rings. The maximum atomic E-state index is 12.3. The number of benzene rings is 1. The number of rotatable bonds is 3. The Hall–Kier alpha value is -0.920. The van der Waals surface area contributed by atoms with Gasteiger partial charge in [-0.15, -0.1) is 0 Å². The highest BCUT2D eigenvalue weighted by Crippen LogP contribution is 2.27. The number of primary sulfonamides is 1. The maximum absolute atomic E-state index is 12.3. The molecule has 116 valence electrons. The molecule has 2 atom stereocenters. The summed E-state index contributed by atoms with van der Waals surface area (Å²) in [6.45, 7) is 3.80. The Kier molecular flexibility index (Phi) is 4.75. The van der Waals surface area contributed by atoms with Gasteiger partial charge in [-0.2, -0.15) is 0 Å². The number of nitrogens with one attached hydrogen (secondary N) is 1. The molecule has 21 heavy (non-hydrogen) atoms. The third kappa shape index (κ3) is 3.84. The molecule has 1 amide bonds. The highest BCUT2D eigenvalue weighted by atomic mass is 79.9. The molecule has 5 nitrogen and oxygen atoms in total. The van der Waals surface area contributed by atoms with E-state index in [4.69, 9.17) is 5.14 Å². The van der Waals surface area contributed by atoms with Gasteiger partial charge in [0, 0.05) is 16.1 Å². The molecule has 0 bridgehead atoms. The second-order valence-corrected chi connectivity index (χ2v) is 8.10. The maximum Gasteiger partial charge on any atom is 0.251 e. The normalized spacial score (nSPS) is 22.3. The molecule has 2 rings (SSSR count). The molecule has 1 aliphatic carbocycles. The minimum absolute atomic E-state index is 0.0261. The molecule has 0 aliphatic heterocycles. The fraction of sp³-hybridized carbons (Fsp3) is 0.500. The number of hydrogen-bond acceptors (Lipinski definition) is 3. The second-order valence-electron chi connectivity index (χ2n) is 5.71. The second kappa shape index (κ2) is 6.06. The molecule has 0 spiro atoms. The average molecular weight is 375 g/mol. The number of carbonyl (C=O) groups excluding carboxylic acids is 1. The van der Waals surface area contributed by atoms with Crippen molar-refractivity contribution in [1.29, 1.82) is 0 Å². The number of nitrogens with two attached hydrogens (primary N) is 1. The van der Waals surface area contributed by atoms with Gasteiger partial charge in [-0.1, -0.05) is 22.9 Å². The quantitative estimate of drug-likeness (QED) is 0.850. The van der Waals surface area contributed by atoms with Crippen molar-refractivity contribution in [3.8, 4) is 0 Å². The molecular formula is C14H19BrN2O3S. The van der Waals surface area contributed by atoms with E-state index in [-0.39, 0.29) is 16.8 Å². The lowest BCUT2D eigenvalue weighted by Gasteiger charge is -2.14.